The topological polar surface area (TPSA) is 43.7 Å². The van der Waals surface area contributed by atoms with Gasteiger partial charge in [0, 0.05) is 12.6 Å². The zero-order valence-corrected chi connectivity index (χ0v) is 11.1. The second-order valence-corrected chi connectivity index (χ2v) is 6.22. The van der Waals surface area contributed by atoms with Crippen molar-refractivity contribution in [2.45, 2.75) is 52.7 Å². The lowest BCUT2D eigenvalue weighted by atomic mass is 9.87. The van der Waals surface area contributed by atoms with Crippen molar-refractivity contribution in [1.82, 2.24) is 4.90 Å². The molecule has 0 radical (unpaired) electrons. The fraction of sp³-hybridized carbons (Fsp3) is 1.00. The van der Waals surface area contributed by atoms with Crippen LogP contribution in [0.1, 0.15) is 40.5 Å². The van der Waals surface area contributed by atoms with Crippen LogP contribution >= 0.6 is 0 Å². The van der Waals surface area contributed by atoms with E-state index in [2.05, 4.69) is 32.6 Å². The van der Waals surface area contributed by atoms with Gasteiger partial charge in [-0.2, -0.15) is 0 Å². The molecule has 1 heterocycles. The molecule has 0 aromatic heterocycles. The van der Waals surface area contributed by atoms with Gasteiger partial charge in [0.05, 0.1) is 12.7 Å². The summed E-state index contributed by atoms with van der Waals surface area (Å²) in [4.78, 5) is 2.32. The van der Waals surface area contributed by atoms with Crippen LogP contribution < -0.4 is 0 Å². The van der Waals surface area contributed by atoms with Gasteiger partial charge in [-0.25, -0.2) is 0 Å². The molecule has 16 heavy (non-hydrogen) atoms. The molecule has 1 saturated heterocycles. The van der Waals surface area contributed by atoms with E-state index in [0.717, 1.165) is 25.9 Å². The number of aliphatic hydroxyl groups is 2. The Morgan fingerprint density at radius 2 is 2.00 bits per heavy atom. The van der Waals surface area contributed by atoms with Gasteiger partial charge >= 0.3 is 0 Å². The van der Waals surface area contributed by atoms with E-state index >= 15 is 0 Å². The Bertz CT molecular complexity index is 212. The number of hydrogen-bond donors (Lipinski definition) is 2. The predicted molar refractivity (Wildman–Crippen MR) is 66.3 cm³/mol. The van der Waals surface area contributed by atoms with Gasteiger partial charge < -0.3 is 10.2 Å². The summed E-state index contributed by atoms with van der Waals surface area (Å²) in [7, 11) is 0. The first-order valence-electron chi connectivity index (χ1n) is 6.39. The van der Waals surface area contributed by atoms with Crippen LogP contribution in [0.5, 0.6) is 0 Å². The summed E-state index contributed by atoms with van der Waals surface area (Å²) in [5.74, 6) is 0.580. The lowest BCUT2D eigenvalue weighted by molar-refractivity contribution is 0.0392. The second kappa shape index (κ2) is 5.48. The molecule has 1 aliphatic rings. The van der Waals surface area contributed by atoms with Crippen molar-refractivity contribution in [3.05, 3.63) is 0 Å². The average Bonchev–Trinajstić information content (AvgIpc) is 2.54. The third-order valence-corrected chi connectivity index (χ3v) is 3.87. The van der Waals surface area contributed by atoms with Gasteiger partial charge in [-0.1, -0.05) is 27.7 Å². The van der Waals surface area contributed by atoms with Crippen molar-refractivity contribution < 1.29 is 10.2 Å². The minimum absolute atomic E-state index is 0.0416. The van der Waals surface area contributed by atoms with Gasteiger partial charge in [-0.3, -0.25) is 4.90 Å². The Balaban J connectivity index is 2.38. The first-order chi connectivity index (χ1) is 7.36. The van der Waals surface area contributed by atoms with E-state index in [4.69, 9.17) is 0 Å². The molecule has 0 spiro atoms. The molecule has 3 nitrogen and oxygen atoms in total. The number of nitrogens with zero attached hydrogens (tertiary/aromatic N) is 1. The van der Waals surface area contributed by atoms with Gasteiger partial charge in [-0.15, -0.1) is 0 Å². The summed E-state index contributed by atoms with van der Waals surface area (Å²) in [6.07, 6.45) is 1.70. The second-order valence-electron chi connectivity index (χ2n) is 6.22. The van der Waals surface area contributed by atoms with Crippen molar-refractivity contribution >= 4 is 0 Å². The van der Waals surface area contributed by atoms with E-state index in [1.807, 2.05) is 0 Å². The van der Waals surface area contributed by atoms with E-state index in [9.17, 15) is 10.2 Å². The number of aliphatic hydroxyl groups excluding tert-OH is 2. The third-order valence-electron chi connectivity index (χ3n) is 3.87. The minimum atomic E-state index is -0.261. The first kappa shape index (κ1) is 13.9. The molecular formula is C13H27NO2. The van der Waals surface area contributed by atoms with Gasteiger partial charge in [0.2, 0.25) is 0 Å². The first-order valence-corrected chi connectivity index (χ1v) is 6.39. The van der Waals surface area contributed by atoms with Gasteiger partial charge in [0.15, 0.2) is 0 Å². The van der Waals surface area contributed by atoms with Gasteiger partial charge in [0.25, 0.3) is 0 Å². The maximum absolute atomic E-state index is 9.98. The standard InChI is InChI=1S/C13H27NO2/c1-10-5-7-14(11(10)9-15)8-6-12(16)13(2,3)4/h10-12,15-16H,5-9H2,1-4H3. The third kappa shape index (κ3) is 3.44. The molecule has 3 atom stereocenters. The number of rotatable bonds is 4. The SMILES string of the molecule is CC1CCN(CCC(O)C(C)(C)C)C1CO. The maximum Gasteiger partial charge on any atom is 0.0600 e. The Kier molecular flexibility index (Phi) is 4.77. The molecule has 96 valence electrons. The quantitative estimate of drug-likeness (QED) is 0.767. The fourth-order valence-electron chi connectivity index (χ4n) is 2.38. The summed E-state index contributed by atoms with van der Waals surface area (Å²) in [6, 6.07) is 0.298. The summed E-state index contributed by atoms with van der Waals surface area (Å²) < 4.78 is 0. The molecule has 0 aromatic rings. The summed E-state index contributed by atoms with van der Waals surface area (Å²) >= 11 is 0. The molecule has 1 rings (SSSR count). The predicted octanol–water partition coefficient (Wildman–Crippen LogP) is 1.49. The molecule has 0 aromatic carbocycles. The Morgan fingerprint density at radius 3 is 2.50 bits per heavy atom. The van der Waals surface area contributed by atoms with Crippen molar-refractivity contribution in [2.24, 2.45) is 11.3 Å². The van der Waals surface area contributed by atoms with Crippen molar-refractivity contribution in [3.63, 3.8) is 0 Å². The van der Waals surface area contributed by atoms with Crippen LogP contribution in [0.3, 0.4) is 0 Å². The average molecular weight is 229 g/mol. The zero-order chi connectivity index (χ0) is 12.3. The van der Waals surface area contributed by atoms with Gasteiger partial charge in [-0.05, 0) is 30.7 Å². The van der Waals surface area contributed by atoms with Crippen LogP contribution in [-0.4, -0.2) is 47.0 Å². The fourth-order valence-corrected chi connectivity index (χ4v) is 2.38. The highest BCUT2D eigenvalue weighted by atomic mass is 16.3. The monoisotopic (exact) mass is 229 g/mol. The zero-order valence-electron chi connectivity index (χ0n) is 11.1. The number of hydrogen-bond acceptors (Lipinski definition) is 3. The molecular weight excluding hydrogens is 202 g/mol. The molecule has 3 heteroatoms. The Morgan fingerprint density at radius 1 is 1.38 bits per heavy atom. The van der Waals surface area contributed by atoms with Crippen LogP contribution in [0.15, 0.2) is 0 Å². The molecule has 1 fully saturated rings. The smallest absolute Gasteiger partial charge is 0.0600 e. The number of likely N-dealkylation sites (tertiary alicyclic amines) is 1. The molecule has 1 aliphatic heterocycles. The Labute approximate surface area is 99.5 Å². The maximum atomic E-state index is 9.98. The van der Waals surface area contributed by atoms with Crippen molar-refractivity contribution in [3.8, 4) is 0 Å². The van der Waals surface area contributed by atoms with Crippen LogP contribution in [-0.2, 0) is 0 Å². The highest BCUT2D eigenvalue weighted by Crippen LogP contribution is 2.26. The van der Waals surface area contributed by atoms with Crippen LogP contribution in [0, 0.1) is 11.3 Å². The van der Waals surface area contributed by atoms with Crippen molar-refractivity contribution in [1.29, 1.82) is 0 Å². The van der Waals surface area contributed by atoms with Gasteiger partial charge in [0.1, 0.15) is 0 Å². The molecule has 0 bridgehead atoms. The lowest BCUT2D eigenvalue weighted by Gasteiger charge is -2.30. The van der Waals surface area contributed by atoms with E-state index in [-0.39, 0.29) is 18.1 Å². The lowest BCUT2D eigenvalue weighted by Crippen LogP contribution is -2.38. The summed E-state index contributed by atoms with van der Waals surface area (Å²) in [6.45, 7) is 10.6. The van der Waals surface area contributed by atoms with Crippen LogP contribution in [0.4, 0.5) is 0 Å². The van der Waals surface area contributed by atoms with E-state index in [1.54, 1.807) is 0 Å². The van der Waals surface area contributed by atoms with Crippen molar-refractivity contribution in [2.75, 3.05) is 19.7 Å². The van der Waals surface area contributed by atoms with Crippen LogP contribution in [0.25, 0.3) is 0 Å². The summed E-state index contributed by atoms with van der Waals surface area (Å²) in [5, 5.41) is 19.3. The molecule has 2 N–H and O–H groups in total. The molecule has 0 aliphatic carbocycles. The molecule has 0 amide bonds. The minimum Gasteiger partial charge on any atom is -0.395 e. The van der Waals surface area contributed by atoms with E-state index in [0.29, 0.717) is 12.0 Å². The van der Waals surface area contributed by atoms with E-state index in [1.165, 1.54) is 0 Å². The molecule has 0 saturated carbocycles. The molecule has 3 unspecified atom stereocenters. The highest BCUT2D eigenvalue weighted by Gasteiger charge is 2.31. The van der Waals surface area contributed by atoms with E-state index < -0.39 is 0 Å². The largest absolute Gasteiger partial charge is 0.395 e. The van der Waals surface area contributed by atoms with Crippen LogP contribution in [0.2, 0.25) is 0 Å². The summed E-state index contributed by atoms with van der Waals surface area (Å²) in [5.41, 5.74) is -0.0416. The highest BCUT2D eigenvalue weighted by molar-refractivity contribution is 4.85. The Hall–Kier alpha value is -0.120. The normalized spacial score (nSPS) is 29.6.